The van der Waals surface area contributed by atoms with Gasteiger partial charge in [0.2, 0.25) is 5.91 Å². The van der Waals surface area contributed by atoms with Crippen LogP contribution in [0.15, 0.2) is 24.0 Å². The molecule has 0 aliphatic carbocycles. The molecule has 2 rings (SSSR count). The lowest BCUT2D eigenvalue weighted by Gasteiger charge is -2.27. The Morgan fingerprint density at radius 3 is 2.76 bits per heavy atom. The second kappa shape index (κ2) is 11.4. The number of allylic oxidation sites excluding steroid dienone is 1. The summed E-state index contributed by atoms with van der Waals surface area (Å²) >= 11 is 0. The third-order valence-electron chi connectivity index (χ3n) is 3.55. The van der Waals surface area contributed by atoms with E-state index in [0.29, 0.717) is 18.3 Å². The van der Waals surface area contributed by atoms with Crippen LogP contribution in [0.5, 0.6) is 0 Å². The third-order valence-corrected chi connectivity index (χ3v) is 3.55. The third kappa shape index (κ3) is 7.49. The van der Waals surface area contributed by atoms with Crippen molar-refractivity contribution in [2.24, 2.45) is 5.73 Å². The van der Waals surface area contributed by atoms with Crippen LogP contribution in [-0.4, -0.2) is 56.2 Å². The van der Waals surface area contributed by atoms with Crippen LogP contribution in [-0.2, 0) is 28.6 Å². The second-order valence-corrected chi connectivity index (χ2v) is 5.64. The number of esters is 1. The molecule has 0 aromatic rings. The van der Waals surface area contributed by atoms with Gasteiger partial charge in [-0.15, -0.1) is 0 Å². The van der Waals surface area contributed by atoms with Gasteiger partial charge < -0.3 is 29.6 Å². The number of carbonyl (C=O) groups excluding carboxylic acids is 3. The van der Waals surface area contributed by atoms with E-state index in [1.54, 1.807) is 20.4 Å². The summed E-state index contributed by atoms with van der Waals surface area (Å²) in [4.78, 5) is 34.6. The molecule has 2 aliphatic heterocycles. The van der Waals surface area contributed by atoms with Crippen LogP contribution in [0.25, 0.3) is 0 Å². The Kier molecular flexibility index (Phi) is 9.49. The van der Waals surface area contributed by atoms with Crippen molar-refractivity contribution in [3.05, 3.63) is 24.0 Å². The van der Waals surface area contributed by atoms with E-state index in [4.69, 9.17) is 15.2 Å². The molecular weight excluding hydrogens is 328 g/mol. The summed E-state index contributed by atoms with van der Waals surface area (Å²) in [5.74, 6) is -0.832. The minimum atomic E-state index is -0.437. The predicted molar refractivity (Wildman–Crippen MR) is 90.0 cm³/mol. The smallest absolute Gasteiger partial charge is 0.306 e. The number of aldehydes is 1. The van der Waals surface area contributed by atoms with Gasteiger partial charge in [0.15, 0.2) is 0 Å². The molecule has 2 atom stereocenters. The number of ether oxygens (including phenoxy) is 3. The van der Waals surface area contributed by atoms with Gasteiger partial charge in [-0.2, -0.15) is 0 Å². The summed E-state index contributed by atoms with van der Waals surface area (Å²) < 4.78 is 15.1. The zero-order chi connectivity index (χ0) is 18.7. The molecule has 0 spiro atoms. The highest BCUT2D eigenvalue weighted by Gasteiger charge is 2.30. The van der Waals surface area contributed by atoms with Crippen LogP contribution < -0.4 is 5.73 Å². The van der Waals surface area contributed by atoms with Crippen LogP contribution in [0.3, 0.4) is 0 Å². The Labute approximate surface area is 147 Å². The molecule has 0 radical (unpaired) electrons. The van der Waals surface area contributed by atoms with Crippen molar-refractivity contribution in [2.75, 3.05) is 20.8 Å². The van der Waals surface area contributed by atoms with E-state index < -0.39 is 11.9 Å². The number of amides is 1. The van der Waals surface area contributed by atoms with Crippen molar-refractivity contribution < 1.29 is 28.6 Å². The Morgan fingerprint density at radius 1 is 1.40 bits per heavy atom. The summed E-state index contributed by atoms with van der Waals surface area (Å²) in [5, 5.41) is 0. The zero-order valence-electron chi connectivity index (χ0n) is 14.7. The molecule has 25 heavy (non-hydrogen) atoms. The molecule has 1 saturated heterocycles. The maximum atomic E-state index is 11.3. The van der Waals surface area contributed by atoms with E-state index >= 15 is 0 Å². The van der Waals surface area contributed by atoms with Crippen LogP contribution in [0.4, 0.5) is 0 Å². The molecule has 0 aromatic heterocycles. The fourth-order valence-electron chi connectivity index (χ4n) is 2.38. The number of carbonyl (C=O) groups is 3. The van der Waals surface area contributed by atoms with Crippen LogP contribution in [0, 0.1) is 0 Å². The molecule has 0 saturated carbocycles. The van der Waals surface area contributed by atoms with Gasteiger partial charge in [0, 0.05) is 38.6 Å². The zero-order valence-corrected chi connectivity index (χ0v) is 14.7. The first-order valence-electron chi connectivity index (χ1n) is 8.11. The number of nitrogens with two attached hydrogens (primary N) is 1. The number of primary amides is 1. The Hall–Kier alpha value is -2.19. The summed E-state index contributed by atoms with van der Waals surface area (Å²) in [7, 11) is 3.25. The van der Waals surface area contributed by atoms with Crippen molar-refractivity contribution >= 4 is 18.2 Å². The molecule has 2 aliphatic rings. The first-order valence-corrected chi connectivity index (χ1v) is 8.11. The molecule has 1 fully saturated rings. The van der Waals surface area contributed by atoms with Crippen molar-refractivity contribution in [3.63, 3.8) is 0 Å². The molecule has 0 bridgehead atoms. The van der Waals surface area contributed by atoms with Gasteiger partial charge in [0.25, 0.3) is 0 Å². The second-order valence-electron chi connectivity index (χ2n) is 5.64. The van der Waals surface area contributed by atoms with Gasteiger partial charge in [0.1, 0.15) is 19.1 Å². The van der Waals surface area contributed by atoms with E-state index in [-0.39, 0.29) is 31.8 Å². The number of hydrogen-bond donors (Lipinski definition) is 1. The highest BCUT2D eigenvalue weighted by atomic mass is 16.6. The number of methoxy groups -OCH3 is 1. The van der Waals surface area contributed by atoms with Crippen molar-refractivity contribution in [3.8, 4) is 0 Å². The average molecular weight is 354 g/mol. The van der Waals surface area contributed by atoms with E-state index in [1.165, 1.54) is 0 Å². The van der Waals surface area contributed by atoms with Gasteiger partial charge >= 0.3 is 5.97 Å². The normalized spacial score (nSPS) is 21.8. The molecule has 140 valence electrons. The van der Waals surface area contributed by atoms with Crippen molar-refractivity contribution in [2.45, 2.75) is 44.4 Å². The van der Waals surface area contributed by atoms with Crippen LogP contribution in [0.2, 0.25) is 0 Å². The lowest BCUT2D eigenvalue weighted by Crippen LogP contribution is -2.30. The Balaban J connectivity index is 0.000000970. The lowest BCUT2D eigenvalue weighted by atomic mass is 10.1. The van der Waals surface area contributed by atoms with Crippen molar-refractivity contribution in [1.82, 2.24) is 4.90 Å². The monoisotopic (exact) mass is 354 g/mol. The minimum absolute atomic E-state index is 0.0964. The molecule has 8 nitrogen and oxygen atoms in total. The minimum Gasteiger partial charge on any atom is -0.463 e. The summed E-state index contributed by atoms with van der Waals surface area (Å²) in [6.07, 6.45) is 8.06. The van der Waals surface area contributed by atoms with Gasteiger partial charge in [-0.05, 0) is 19.3 Å². The maximum absolute atomic E-state index is 11.3. The fraction of sp³-hybridized carbons (Fsp3) is 0.588. The first-order chi connectivity index (χ1) is 12.0. The lowest BCUT2D eigenvalue weighted by molar-refractivity contribution is -0.149. The molecule has 8 heteroatoms. The molecular formula is C17H26N2O6. The van der Waals surface area contributed by atoms with Crippen molar-refractivity contribution in [1.29, 1.82) is 0 Å². The highest BCUT2D eigenvalue weighted by molar-refractivity contribution is 5.92. The fourth-order valence-corrected chi connectivity index (χ4v) is 2.38. The summed E-state index contributed by atoms with van der Waals surface area (Å²) in [6, 6.07) is 0. The first kappa shape index (κ1) is 20.9. The summed E-state index contributed by atoms with van der Waals surface area (Å²) in [5.41, 5.74) is 5.82. The van der Waals surface area contributed by atoms with E-state index in [2.05, 4.69) is 4.74 Å². The number of rotatable bonds is 7. The van der Waals surface area contributed by atoms with Crippen LogP contribution in [0.1, 0.15) is 32.1 Å². The quantitative estimate of drug-likeness (QED) is 0.534. The average Bonchev–Trinajstić information content (AvgIpc) is 3.08. The molecule has 1 amide bonds. The Bertz CT molecular complexity index is 517. The summed E-state index contributed by atoms with van der Waals surface area (Å²) in [6.45, 7) is 0.179. The number of nitrogens with zero attached hydrogens (tertiary/aromatic N) is 1. The molecule has 2 N–H and O–H groups in total. The standard InChI is InChI=1S/C15H20N2O5.C2H6O/c16-15(20)11-3-1-7-17(9-11)13-6-5-12(22-13)10-21-14(19)4-2-8-18;1-3-2/h1,7-9,12-13H,2-6,10H2,(H2,16,20);1-2H3. The number of hydrogen-bond acceptors (Lipinski definition) is 7. The SMILES string of the molecule is COC.NC(=O)C1=CN(C2CCC(COC(=O)CCC=O)O2)C=CC1. The highest BCUT2D eigenvalue weighted by Crippen LogP contribution is 2.26. The predicted octanol–water partition coefficient (Wildman–Crippen LogP) is 0.865. The molecule has 2 heterocycles. The molecule has 2 unspecified atom stereocenters. The Morgan fingerprint density at radius 2 is 2.12 bits per heavy atom. The van der Waals surface area contributed by atoms with Gasteiger partial charge in [-0.25, -0.2) is 0 Å². The maximum Gasteiger partial charge on any atom is 0.306 e. The van der Waals surface area contributed by atoms with E-state index in [1.807, 2.05) is 17.2 Å². The topological polar surface area (TPSA) is 108 Å². The van der Waals surface area contributed by atoms with Crippen LogP contribution >= 0.6 is 0 Å². The van der Waals surface area contributed by atoms with E-state index in [9.17, 15) is 14.4 Å². The van der Waals surface area contributed by atoms with Gasteiger partial charge in [-0.3, -0.25) is 9.59 Å². The molecule has 0 aromatic carbocycles. The van der Waals surface area contributed by atoms with E-state index in [0.717, 1.165) is 12.8 Å². The van der Waals surface area contributed by atoms with Gasteiger partial charge in [0.05, 0.1) is 12.5 Å². The largest absolute Gasteiger partial charge is 0.463 e. The van der Waals surface area contributed by atoms with Gasteiger partial charge in [-0.1, -0.05) is 6.08 Å².